The maximum absolute atomic E-state index is 9.97. The second-order valence-electron chi connectivity index (χ2n) is 7.04. The molecule has 0 aliphatic heterocycles. The van der Waals surface area contributed by atoms with Crippen molar-refractivity contribution in [2.45, 2.75) is 4.90 Å². The first-order valence-corrected chi connectivity index (χ1v) is 10.8. The molecule has 4 aromatic carbocycles. The Labute approximate surface area is 249 Å². The fourth-order valence-corrected chi connectivity index (χ4v) is 3.62. The van der Waals surface area contributed by atoms with Gasteiger partial charge in [0, 0.05) is 4.90 Å². The Morgan fingerprint density at radius 2 is 1.21 bits per heavy atom. The Balaban J connectivity index is 0.00000204. The first-order valence-electron chi connectivity index (χ1n) is 10.1. The Hall–Kier alpha value is -1.41. The van der Waals surface area contributed by atoms with Crippen LogP contribution >= 0.6 is 12.0 Å². The molecule has 6 heteroatoms. The van der Waals surface area contributed by atoms with Crippen molar-refractivity contribution < 1.29 is 73.7 Å². The van der Waals surface area contributed by atoms with E-state index >= 15 is 0 Å². The Kier molecular flexibility index (Phi) is 13.2. The summed E-state index contributed by atoms with van der Waals surface area (Å²) in [7, 11) is 0. The summed E-state index contributed by atoms with van der Waals surface area (Å²) in [5.74, 6) is 0. The minimum absolute atomic E-state index is 0. The van der Waals surface area contributed by atoms with Gasteiger partial charge in [0.05, 0.1) is 12.0 Å². The molecule has 0 unspecified atom stereocenters. The van der Waals surface area contributed by atoms with E-state index in [0.29, 0.717) is 0 Å². The van der Waals surface area contributed by atoms with Crippen LogP contribution in [0.25, 0.3) is 35.4 Å². The van der Waals surface area contributed by atoms with Crippen LogP contribution in [-0.2, 0) is 9.37 Å². The Bertz CT molecular complexity index is 1190. The van der Waals surface area contributed by atoms with E-state index in [1.165, 1.54) is 11.1 Å². The van der Waals surface area contributed by atoms with Crippen molar-refractivity contribution in [2.75, 3.05) is 0 Å². The molecule has 0 spiro atoms. The molecule has 158 valence electrons. The van der Waals surface area contributed by atoms with E-state index in [2.05, 4.69) is 82.2 Å². The van der Waals surface area contributed by atoms with Crippen LogP contribution in [0.3, 0.4) is 0 Å². The zero-order valence-electron chi connectivity index (χ0n) is 19.2. The predicted octanol–water partition coefficient (Wildman–Crippen LogP) is 0.733. The van der Waals surface area contributed by atoms with Crippen LogP contribution in [0.5, 0.6) is 0 Å². The van der Waals surface area contributed by atoms with Crippen molar-refractivity contribution in [2.24, 2.45) is 0 Å². The summed E-state index contributed by atoms with van der Waals surface area (Å²) in [5.41, 5.74) is 6.75. The second-order valence-corrected chi connectivity index (χ2v) is 7.81. The molecule has 0 amide bonds. The van der Waals surface area contributed by atoms with E-state index in [1.807, 2.05) is 54.6 Å². The zero-order chi connectivity index (χ0) is 22.0. The maximum atomic E-state index is 9.97. The largest absolute Gasteiger partial charge is 1.00 e. The van der Waals surface area contributed by atoms with Gasteiger partial charge in [-0.2, -0.15) is 34.7 Å². The average molecular weight is 483 g/mol. The SMILES string of the molecule is [Na+].[Na+].[O-]OOSc1cccc(/C=C/c2ccc(-c3ccc(/C=C/c4c[c-]ccc4)cc3)cc2)c1. The van der Waals surface area contributed by atoms with Gasteiger partial charge in [0.2, 0.25) is 0 Å². The van der Waals surface area contributed by atoms with Crippen LogP contribution in [0.4, 0.5) is 0 Å². The molecule has 4 rings (SSSR count). The van der Waals surface area contributed by atoms with Gasteiger partial charge in [0.25, 0.3) is 0 Å². The third kappa shape index (κ3) is 8.99. The summed E-state index contributed by atoms with van der Waals surface area (Å²) in [4.78, 5) is 0.791. The fourth-order valence-electron chi connectivity index (χ4n) is 3.19. The van der Waals surface area contributed by atoms with Crippen molar-refractivity contribution in [3.05, 3.63) is 125 Å². The molecule has 0 atom stereocenters. The molecular formula is C28H20Na2O3S. The summed E-state index contributed by atoms with van der Waals surface area (Å²) >= 11 is 0.884. The summed E-state index contributed by atoms with van der Waals surface area (Å²) in [6, 6.07) is 35.6. The van der Waals surface area contributed by atoms with Gasteiger partial charge in [-0.15, -0.1) is 11.6 Å². The Morgan fingerprint density at radius 1 is 0.647 bits per heavy atom. The van der Waals surface area contributed by atoms with E-state index < -0.39 is 0 Å². The molecule has 0 fully saturated rings. The van der Waals surface area contributed by atoms with Crippen LogP contribution in [-0.4, -0.2) is 0 Å². The minimum atomic E-state index is 0. The number of hydrogen-bond acceptors (Lipinski definition) is 4. The first-order chi connectivity index (χ1) is 15.8. The van der Waals surface area contributed by atoms with E-state index in [4.69, 9.17) is 0 Å². The van der Waals surface area contributed by atoms with Crippen LogP contribution in [0.1, 0.15) is 22.3 Å². The molecule has 0 bridgehead atoms. The maximum Gasteiger partial charge on any atom is 1.00 e. The monoisotopic (exact) mass is 482 g/mol. The van der Waals surface area contributed by atoms with E-state index in [9.17, 15) is 5.26 Å². The van der Waals surface area contributed by atoms with Gasteiger partial charge in [-0.25, -0.2) is 0 Å². The van der Waals surface area contributed by atoms with Crippen molar-refractivity contribution in [3.8, 4) is 11.1 Å². The van der Waals surface area contributed by atoms with Gasteiger partial charge in [-0.1, -0.05) is 78.9 Å². The van der Waals surface area contributed by atoms with Crippen molar-refractivity contribution >= 4 is 36.3 Å². The average Bonchev–Trinajstić information content (AvgIpc) is 2.86. The number of rotatable bonds is 8. The fraction of sp³-hybridized carbons (Fsp3) is 0. The van der Waals surface area contributed by atoms with Crippen molar-refractivity contribution in [1.82, 2.24) is 0 Å². The van der Waals surface area contributed by atoms with Gasteiger partial charge < -0.3 is 5.26 Å². The van der Waals surface area contributed by atoms with Crippen LogP contribution < -0.4 is 64.4 Å². The summed E-state index contributed by atoms with van der Waals surface area (Å²) in [6.45, 7) is 0. The van der Waals surface area contributed by atoms with Crippen LogP contribution in [0.15, 0.2) is 102 Å². The molecule has 0 aliphatic rings. The van der Waals surface area contributed by atoms with Crippen LogP contribution in [0, 0.1) is 6.07 Å². The van der Waals surface area contributed by atoms with Gasteiger partial charge in [0.1, 0.15) is 0 Å². The van der Waals surface area contributed by atoms with Gasteiger partial charge >= 0.3 is 59.1 Å². The zero-order valence-corrected chi connectivity index (χ0v) is 24.0. The second kappa shape index (κ2) is 15.6. The molecule has 0 saturated heterocycles. The van der Waals surface area contributed by atoms with Crippen molar-refractivity contribution in [1.29, 1.82) is 0 Å². The summed E-state index contributed by atoms with van der Waals surface area (Å²) < 4.78 is 4.37. The molecule has 34 heavy (non-hydrogen) atoms. The predicted molar refractivity (Wildman–Crippen MR) is 129 cm³/mol. The van der Waals surface area contributed by atoms with E-state index in [1.54, 1.807) is 0 Å². The molecule has 0 radical (unpaired) electrons. The van der Waals surface area contributed by atoms with E-state index in [0.717, 1.165) is 39.2 Å². The quantitative estimate of drug-likeness (QED) is 0.0928. The molecule has 0 aromatic heterocycles. The third-order valence-electron chi connectivity index (χ3n) is 4.84. The number of benzene rings is 4. The third-order valence-corrected chi connectivity index (χ3v) is 5.41. The smallest absolute Gasteiger partial charge is 0.691 e. The normalized spacial score (nSPS) is 10.7. The molecule has 0 heterocycles. The van der Waals surface area contributed by atoms with Gasteiger partial charge in [0.15, 0.2) is 0 Å². The first kappa shape index (κ1) is 28.8. The molecule has 4 aromatic rings. The number of hydrogen-bond donors (Lipinski definition) is 0. The molecular weight excluding hydrogens is 462 g/mol. The molecule has 3 nitrogen and oxygen atoms in total. The molecule has 0 N–H and O–H groups in total. The van der Waals surface area contributed by atoms with Crippen LogP contribution in [0.2, 0.25) is 0 Å². The van der Waals surface area contributed by atoms with E-state index in [-0.39, 0.29) is 59.1 Å². The van der Waals surface area contributed by atoms with Gasteiger partial charge in [-0.3, -0.25) is 5.04 Å². The van der Waals surface area contributed by atoms with Crippen molar-refractivity contribution in [3.63, 3.8) is 0 Å². The topological polar surface area (TPSA) is 41.5 Å². The molecule has 0 saturated carbocycles. The standard InChI is InChI=1S/C28H21O3S.2Na/c29-30-31-32-28-8-4-7-25(21-28)12-11-24-15-19-27(20-16-24)26-17-13-23(14-18-26)10-9-22-5-2-1-3-6-22;;/h1-2,4-21,29H;;/q-1;2*+1/p-1/b10-9+,12-11+;;. The minimum Gasteiger partial charge on any atom is -0.691 e. The molecule has 0 aliphatic carbocycles. The Morgan fingerprint density at radius 3 is 1.76 bits per heavy atom. The summed E-state index contributed by atoms with van der Waals surface area (Å²) in [6.07, 6.45) is 8.26. The van der Waals surface area contributed by atoms with Gasteiger partial charge in [-0.05, 0) is 39.9 Å². The summed E-state index contributed by atoms with van der Waals surface area (Å²) in [5, 5.41) is 13.4.